The second kappa shape index (κ2) is 13.1. The number of benzene rings is 2. The van der Waals surface area contributed by atoms with Crippen molar-refractivity contribution in [3.63, 3.8) is 0 Å². The van der Waals surface area contributed by atoms with Crippen molar-refractivity contribution in [2.45, 2.75) is 80.1 Å². The zero-order valence-electron chi connectivity index (χ0n) is 23.2. The minimum absolute atomic E-state index is 0. The summed E-state index contributed by atoms with van der Waals surface area (Å²) in [5, 5.41) is 5.49. The van der Waals surface area contributed by atoms with Crippen molar-refractivity contribution >= 4 is 25.8 Å². The first-order chi connectivity index (χ1) is 15.2. The number of hydrogen-bond acceptors (Lipinski definition) is 0. The summed E-state index contributed by atoms with van der Waals surface area (Å²) in [5.74, 6) is 0.522. The fourth-order valence-electron chi connectivity index (χ4n) is 3.98. The number of halogens is 2. The largest absolute Gasteiger partial charge is 1.00 e. The van der Waals surface area contributed by atoms with Crippen LogP contribution >= 0.6 is 0 Å². The average Bonchev–Trinajstić information content (AvgIpc) is 3.31. The summed E-state index contributed by atoms with van der Waals surface area (Å²) in [5.41, 5.74) is 4.92. The third kappa shape index (κ3) is 8.87. The Hall–Kier alpha value is -0.890. The standard InChI is InChI=1S/C21H25.C10H15.CH2.2ClH.Hf/c1-20(2,3)16-9-7-14-11-15-8-10-17(21(4,5)6)13-19(15)18(14)12-16;1-8-5-6-9(7-8)10(2,3)4;;;;/h7-13H,1-6H3;6-8H,1-4H3;1H2;2*1H;/q2*-1;;;;+2/p-2. The quantitative estimate of drug-likeness (QED) is 0.254. The van der Waals surface area contributed by atoms with Gasteiger partial charge in [0.25, 0.3) is 0 Å². The summed E-state index contributed by atoms with van der Waals surface area (Å²) in [4.78, 5) is 0. The van der Waals surface area contributed by atoms with Gasteiger partial charge < -0.3 is 24.8 Å². The summed E-state index contributed by atoms with van der Waals surface area (Å²) >= 11 is 1.06. The molecule has 0 radical (unpaired) electrons. The van der Waals surface area contributed by atoms with E-state index in [0.717, 1.165) is 23.9 Å². The molecule has 0 N–H and O–H groups in total. The molecule has 0 heterocycles. The Kier molecular flexibility index (Phi) is 12.7. The molecule has 3 heteroatoms. The summed E-state index contributed by atoms with van der Waals surface area (Å²) in [6.07, 6.45) is 7.65. The van der Waals surface area contributed by atoms with Crippen molar-refractivity contribution in [2.24, 2.45) is 11.3 Å². The van der Waals surface area contributed by atoms with Gasteiger partial charge in [0.15, 0.2) is 0 Å². The van der Waals surface area contributed by atoms with Gasteiger partial charge in [0.05, 0.1) is 0 Å². The Labute approximate surface area is 241 Å². The first-order valence-electron chi connectivity index (χ1n) is 12.0. The zero-order chi connectivity index (χ0) is 25.2. The van der Waals surface area contributed by atoms with E-state index in [4.69, 9.17) is 0 Å². The van der Waals surface area contributed by atoms with Gasteiger partial charge in [-0.3, -0.25) is 6.08 Å². The molecule has 1 atom stereocenters. The van der Waals surface area contributed by atoms with Crippen LogP contribution in [0.2, 0.25) is 0 Å². The van der Waals surface area contributed by atoms with Crippen LogP contribution in [0.3, 0.4) is 0 Å². The van der Waals surface area contributed by atoms with Gasteiger partial charge in [0.1, 0.15) is 0 Å². The molecule has 4 rings (SSSR count). The van der Waals surface area contributed by atoms with E-state index in [1.807, 2.05) is 0 Å². The van der Waals surface area contributed by atoms with E-state index in [1.165, 1.54) is 38.2 Å². The maximum absolute atomic E-state index is 3.39. The molecule has 0 spiro atoms. The van der Waals surface area contributed by atoms with Crippen LogP contribution in [0.5, 0.6) is 0 Å². The molecule has 0 amide bonds. The van der Waals surface area contributed by atoms with E-state index in [2.05, 4.69) is 134 Å². The first-order valence-corrected chi connectivity index (χ1v) is 14.5. The Bertz CT molecular complexity index is 1090. The van der Waals surface area contributed by atoms with Crippen LogP contribution in [0.1, 0.15) is 80.4 Å². The molecule has 0 fully saturated rings. The van der Waals surface area contributed by atoms with Gasteiger partial charge in [-0.25, -0.2) is 6.08 Å². The summed E-state index contributed by atoms with van der Waals surface area (Å²) in [6, 6.07) is 16.1. The third-order valence-electron chi connectivity index (χ3n) is 6.24. The maximum atomic E-state index is 3.39. The van der Waals surface area contributed by atoms with Gasteiger partial charge in [0.2, 0.25) is 0 Å². The molecule has 0 bridgehead atoms. The van der Waals surface area contributed by atoms with Crippen LogP contribution in [0.4, 0.5) is 0 Å². The minimum atomic E-state index is 0. The molecule has 1 aliphatic carbocycles. The average molecular weight is 676 g/mol. The van der Waals surface area contributed by atoms with E-state index in [1.54, 1.807) is 0 Å². The predicted octanol–water partition coefficient (Wildman–Crippen LogP) is 3.25. The number of hydrogen-bond donors (Lipinski definition) is 0. The number of fused-ring (bicyclic) bond motifs is 3. The summed E-state index contributed by atoms with van der Waals surface area (Å²) in [6.45, 7) is 22.5. The van der Waals surface area contributed by atoms with Crippen molar-refractivity contribution in [3.05, 3.63) is 77.4 Å². The van der Waals surface area contributed by atoms with E-state index in [-0.39, 0.29) is 35.6 Å². The summed E-state index contributed by atoms with van der Waals surface area (Å²) in [7, 11) is 0. The van der Waals surface area contributed by atoms with Gasteiger partial charge in [0, 0.05) is 0 Å². The predicted molar refractivity (Wildman–Crippen MR) is 146 cm³/mol. The van der Waals surface area contributed by atoms with Crippen molar-refractivity contribution in [3.8, 4) is 0 Å². The fourth-order valence-corrected chi connectivity index (χ4v) is 3.98. The number of allylic oxidation sites excluding steroid dienone is 4. The molecule has 190 valence electrons. The molecule has 0 aromatic heterocycles. The smallest absolute Gasteiger partial charge is 1.00 e. The van der Waals surface area contributed by atoms with Gasteiger partial charge >= 0.3 is 28.2 Å². The van der Waals surface area contributed by atoms with Gasteiger partial charge in [-0.2, -0.15) is 11.6 Å². The molecular weight excluding hydrogens is 634 g/mol. The molecule has 0 aliphatic heterocycles. The van der Waals surface area contributed by atoms with E-state index >= 15 is 0 Å². The third-order valence-corrected chi connectivity index (χ3v) is 6.24. The van der Waals surface area contributed by atoms with Crippen LogP contribution in [-0.4, -0.2) is 4.26 Å². The van der Waals surface area contributed by atoms with Crippen molar-refractivity contribution < 1.29 is 48.7 Å². The van der Waals surface area contributed by atoms with Gasteiger partial charge in [-0.05, 0) is 10.8 Å². The molecule has 0 saturated carbocycles. The Morgan fingerprint density at radius 3 is 1.37 bits per heavy atom. The molecule has 0 nitrogen and oxygen atoms in total. The monoisotopic (exact) mass is 676 g/mol. The van der Waals surface area contributed by atoms with Crippen LogP contribution < -0.4 is 24.8 Å². The van der Waals surface area contributed by atoms with E-state index < -0.39 is 0 Å². The van der Waals surface area contributed by atoms with E-state index in [0.29, 0.717) is 11.3 Å². The van der Waals surface area contributed by atoms with Gasteiger partial charge in [-0.1, -0.05) is 116 Å². The maximum Gasteiger partial charge on any atom is -1.00 e. The van der Waals surface area contributed by atoms with Gasteiger partial charge in [-0.15, -0.1) is 39.7 Å². The topological polar surface area (TPSA) is 0 Å². The fraction of sp³-hybridized carbons (Fsp3) is 0.438. The van der Waals surface area contributed by atoms with Crippen molar-refractivity contribution in [1.82, 2.24) is 0 Å². The molecular formula is C32H42Cl2Hf-2. The second-order valence-electron chi connectivity index (χ2n) is 12.2. The Morgan fingerprint density at radius 1 is 0.714 bits per heavy atom. The Balaban J connectivity index is 0.000000705. The molecule has 3 aromatic rings. The van der Waals surface area contributed by atoms with Crippen LogP contribution in [-0.2, 0) is 34.7 Å². The molecule has 1 unspecified atom stereocenters. The van der Waals surface area contributed by atoms with Crippen LogP contribution in [0.15, 0.2) is 60.2 Å². The summed E-state index contributed by atoms with van der Waals surface area (Å²) < 4.78 is 3.39. The Morgan fingerprint density at radius 2 is 1.11 bits per heavy atom. The van der Waals surface area contributed by atoms with Crippen LogP contribution in [0, 0.1) is 17.4 Å². The molecule has 3 aromatic carbocycles. The van der Waals surface area contributed by atoms with Crippen molar-refractivity contribution in [1.29, 1.82) is 0 Å². The number of rotatable bonds is 0. The molecule has 0 saturated heterocycles. The van der Waals surface area contributed by atoms with E-state index in [9.17, 15) is 0 Å². The zero-order valence-corrected chi connectivity index (χ0v) is 28.3. The van der Waals surface area contributed by atoms with Crippen LogP contribution in [0.25, 0.3) is 21.5 Å². The van der Waals surface area contributed by atoms with Crippen molar-refractivity contribution in [2.75, 3.05) is 0 Å². The second-order valence-corrected chi connectivity index (χ2v) is 12.2. The molecule has 1 aliphatic rings. The molecule has 35 heavy (non-hydrogen) atoms. The SMILES string of the molecule is CC(C)(C)c1ccc2[cH-]c3ccc(C(C)(C)C)cc3c2c1.CC1[C-]=CC(C(C)(C)C)=C1.[CH2]=[Hf+2].[Cl-].[Cl-]. The minimum Gasteiger partial charge on any atom is -1.00 e. The first kappa shape index (κ1) is 34.1. The normalized spacial score (nSPS) is 15.3.